The molecule has 0 unspecified atom stereocenters. The molecule has 0 amide bonds. The third-order valence-corrected chi connectivity index (χ3v) is 5.26. The van der Waals surface area contributed by atoms with Gasteiger partial charge in [-0.1, -0.05) is 23.7 Å². The van der Waals surface area contributed by atoms with Gasteiger partial charge in [-0.2, -0.15) is 8.42 Å². The molecule has 3 aromatic rings. The molecule has 2 N–H and O–H groups in total. The lowest BCUT2D eigenvalue weighted by atomic mass is 10.1. The molecule has 13 heteroatoms. The molecule has 0 bridgehead atoms. The number of benzene rings is 1. The van der Waals surface area contributed by atoms with Crippen LogP contribution in [0, 0.1) is 0 Å². The van der Waals surface area contributed by atoms with Crippen molar-refractivity contribution in [1.82, 2.24) is 24.7 Å². The highest BCUT2D eigenvalue weighted by Crippen LogP contribution is 2.34. The first-order valence-corrected chi connectivity index (χ1v) is 11.1. The summed E-state index contributed by atoms with van der Waals surface area (Å²) in [7, 11) is -2.53. The van der Waals surface area contributed by atoms with Gasteiger partial charge in [0.05, 0.1) is 10.0 Å². The summed E-state index contributed by atoms with van der Waals surface area (Å²) in [6, 6.07) is 6.94. The molecule has 0 saturated heterocycles. The molecule has 10 nitrogen and oxygen atoms in total. The predicted molar refractivity (Wildman–Crippen MR) is 115 cm³/mol. The molecular formula is C17H16BrClN6O4S. The van der Waals surface area contributed by atoms with Crippen LogP contribution in [-0.2, 0) is 10.2 Å². The maximum absolute atomic E-state index is 12.0. The summed E-state index contributed by atoms with van der Waals surface area (Å²) in [6.45, 7) is 0.249. The number of nitrogens with one attached hydrogen (secondary N) is 2. The third-order valence-electron chi connectivity index (χ3n) is 3.60. The van der Waals surface area contributed by atoms with Crippen LogP contribution in [-0.4, -0.2) is 48.6 Å². The van der Waals surface area contributed by atoms with Gasteiger partial charge in [-0.05, 0) is 33.6 Å². The molecule has 0 aliphatic heterocycles. The van der Waals surface area contributed by atoms with Crippen LogP contribution in [0.15, 0.2) is 47.5 Å². The van der Waals surface area contributed by atoms with Crippen molar-refractivity contribution in [3.05, 3.63) is 52.5 Å². The van der Waals surface area contributed by atoms with Crippen LogP contribution in [0.5, 0.6) is 11.9 Å². The van der Waals surface area contributed by atoms with E-state index in [9.17, 15) is 8.42 Å². The van der Waals surface area contributed by atoms with Gasteiger partial charge in [0.15, 0.2) is 5.82 Å². The largest absolute Gasteiger partial charge is 0.473 e. The van der Waals surface area contributed by atoms with E-state index < -0.39 is 10.2 Å². The molecule has 0 radical (unpaired) electrons. The summed E-state index contributed by atoms with van der Waals surface area (Å²) in [4.78, 5) is 16.2. The fraction of sp³-hybridized carbons (Fsp3) is 0.176. The molecule has 0 aliphatic carbocycles. The number of hydrogen-bond acceptors (Lipinski definition) is 8. The van der Waals surface area contributed by atoms with Crippen molar-refractivity contribution in [2.45, 2.75) is 0 Å². The van der Waals surface area contributed by atoms with Crippen LogP contribution >= 0.6 is 27.5 Å². The monoisotopic (exact) mass is 514 g/mol. The minimum atomic E-state index is -3.81. The van der Waals surface area contributed by atoms with Gasteiger partial charge in [-0.15, -0.1) is 0 Å². The number of halogens is 2. The summed E-state index contributed by atoms with van der Waals surface area (Å²) in [5.74, 6) is 0.218. The molecule has 2 heterocycles. The Hall–Kier alpha value is -2.54. The van der Waals surface area contributed by atoms with E-state index in [2.05, 4.69) is 45.3 Å². The topological polar surface area (TPSA) is 128 Å². The van der Waals surface area contributed by atoms with Crippen LogP contribution in [0.25, 0.3) is 11.1 Å². The number of rotatable bonds is 9. The Labute approximate surface area is 186 Å². The van der Waals surface area contributed by atoms with E-state index in [1.807, 2.05) is 0 Å². The zero-order chi connectivity index (χ0) is 21.6. The van der Waals surface area contributed by atoms with Gasteiger partial charge in [0.25, 0.3) is 10.2 Å². The Balaban J connectivity index is 1.81. The lowest BCUT2D eigenvalue weighted by molar-refractivity contribution is 0.202. The number of anilines is 1. The molecule has 0 spiro atoms. The highest BCUT2D eigenvalue weighted by molar-refractivity contribution is 9.10. The second-order valence-corrected chi connectivity index (χ2v) is 8.57. The lowest BCUT2D eigenvalue weighted by Crippen LogP contribution is -2.27. The SMILES string of the molecule is CNS(=O)(=O)Nc1ncnc(OCCOc2ncc(Br)cn2)c1-c1ccc(Cl)cc1. The zero-order valence-corrected chi connectivity index (χ0v) is 18.7. The maximum atomic E-state index is 12.0. The predicted octanol–water partition coefficient (Wildman–Crippen LogP) is 2.68. The van der Waals surface area contributed by atoms with E-state index in [1.165, 1.54) is 13.4 Å². The number of aromatic nitrogens is 4. The number of ether oxygens (including phenoxy) is 2. The minimum absolute atomic E-state index is 0.0498. The summed E-state index contributed by atoms with van der Waals surface area (Å²) < 4.78 is 40.4. The zero-order valence-electron chi connectivity index (χ0n) is 15.5. The van der Waals surface area contributed by atoms with Crippen molar-refractivity contribution in [2.24, 2.45) is 0 Å². The molecule has 0 atom stereocenters. The van der Waals surface area contributed by atoms with Crippen molar-refractivity contribution in [3.63, 3.8) is 0 Å². The fourth-order valence-corrected chi connectivity index (χ4v) is 3.10. The smallest absolute Gasteiger partial charge is 0.316 e. The summed E-state index contributed by atoms with van der Waals surface area (Å²) in [5, 5.41) is 0.526. The van der Waals surface area contributed by atoms with Gasteiger partial charge in [0.1, 0.15) is 19.5 Å². The van der Waals surface area contributed by atoms with Crippen molar-refractivity contribution < 1.29 is 17.9 Å². The Bertz CT molecular complexity index is 1100. The van der Waals surface area contributed by atoms with Crippen LogP contribution in [0.4, 0.5) is 5.82 Å². The van der Waals surface area contributed by atoms with Crippen LogP contribution < -0.4 is 18.9 Å². The molecule has 30 heavy (non-hydrogen) atoms. The van der Waals surface area contributed by atoms with Gasteiger partial charge in [0, 0.05) is 24.5 Å². The molecule has 3 rings (SSSR count). The van der Waals surface area contributed by atoms with Crippen molar-refractivity contribution in [3.8, 4) is 23.0 Å². The Morgan fingerprint density at radius 2 is 1.70 bits per heavy atom. The normalized spacial score (nSPS) is 11.2. The molecule has 2 aromatic heterocycles. The maximum Gasteiger partial charge on any atom is 0.316 e. The number of nitrogens with zero attached hydrogens (tertiary/aromatic N) is 4. The van der Waals surface area contributed by atoms with Crippen LogP contribution in [0.3, 0.4) is 0 Å². The summed E-state index contributed by atoms with van der Waals surface area (Å²) >= 11 is 9.21. The highest BCUT2D eigenvalue weighted by atomic mass is 79.9. The quantitative estimate of drug-likeness (QED) is 0.416. The van der Waals surface area contributed by atoms with Crippen molar-refractivity contribution in [1.29, 1.82) is 0 Å². The molecule has 0 saturated carbocycles. The molecule has 0 aliphatic rings. The lowest BCUT2D eigenvalue weighted by Gasteiger charge is -2.15. The third kappa shape index (κ3) is 5.98. The van der Waals surface area contributed by atoms with E-state index >= 15 is 0 Å². The average Bonchev–Trinajstić information content (AvgIpc) is 2.73. The van der Waals surface area contributed by atoms with E-state index in [0.717, 1.165) is 4.47 Å². The van der Waals surface area contributed by atoms with E-state index in [0.29, 0.717) is 16.1 Å². The summed E-state index contributed by atoms with van der Waals surface area (Å²) in [5.41, 5.74) is 0.967. The summed E-state index contributed by atoms with van der Waals surface area (Å²) in [6.07, 6.45) is 4.32. The fourth-order valence-electron chi connectivity index (χ4n) is 2.26. The van der Waals surface area contributed by atoms with Crippen molar-refractivity contribution in [2.75, 3.05) is 25.0 Å². The first kappa shape index (κ1) is 22.2. The van der Waals surface area contributed by atoms with E-state index in [-0.39, 0.29) is 30.9 Å². The molecule has 158 valence electrons. The van der Waals surface area contributed by atoms with E-state index in [1.54, 1.807) is 36.7 Å². The van der Waals surface area contributed by atoms with Gasteiger partial charge in [0.2, 0.25) is 5.88 Å². The molecule has 0 fully saturated rings. The van der Waals surface area contributed by atoms with Gasteiger partial charge in [-0.25, -0.2) is 24.7 Å². The van der Waals surface area contributed by atoms with Gasteiger partial charge in [-0.3, -0.25) is 4.72 Å². The minimum Gasteiger partial charge on any atom is -0.473 e. The van der Waals surface area contributed by atoms with Crippen LogP contribution in [0.1, 0.15) is 0 Å². The van der Waals surface area contributed by atoms with Crippen molar-refractivity contribution >= 4 is 43.6 Å². The Kier molecular flexibility index (Phi) is 7.37. The Morgan fingerprint density at radius 3 is 2.37 bits per heavy atom. The standard InChI is InChI=1S/C17H16BrClN6O4S/c1-20-30(26,27)25-15-14(11-2-4-13(19)5-3-11)16(24-10-23-15)28-6-7-29-17-21-8-12(18)9-22-17/h2-5,8-10,20H,6-7H2,1H3,(H,23,24,25). The first-order valence-electron chi connectivity index (χ1n) is 8.43. The molecular weight excluding hydrogens is 500 g/mol. The second-order valence-electron chi connectivity index (χ2n) is 5.60. The average molecular weight is 516 g/mol. The van der Waals surface area contributed by atoms with Gasteiger partial charge < -0.3 is 9.47 Å². The number of hydrogen-bond donors (Lipinski definition) is 2. The molecule has 1 aromatic carbocycles. The van der Waals surface area contributed by atoms with Gasteiger partial charge >= 0.3 is 6.01 Å². The highest BCUT2D eigenvalue weighted by Gasteiger charge is 2.19. The van der Waals surface area contributed by atoms with E-state index in [4.69, 9.17) is 21.1 Å². The van der Waals surface area contributed by atoms with Crippen LogP contribution in [0.2, 0.25) is 5.02 Å². The first-order chi connectivity index (χ1) is 14.4. The second kappa shape index (κ2) is 9.98. The Morgan fingerprint density at radius 1 is 1.03 bits per heavy atom.